The summed E-state index contributed by atoms with van der Waals surface area (Å²) in [6.07, 6.45) is -1.62. The largest absolute Gasteiger partial charge is 0.451 e. The highest BCUT2D eigenvalue weighted by atomic mass is 32.2. The molecule has 0 heterocycles. The molecule has 0 spiro atoms. The van der Waals surface area contributed by atoms with Gasteiger partial charge in [-0.1, -0.05) is 38.5 Å². The van der Waals surface area contributed by atoms with Gasteiger partial charge < -0.3 is 4.74 Å². The van der Waals surface area contributed by atoms with E-state index in [-0.39, 0.29) is 0 Å². The molecule has 1 aliphatic rings. The molecule has 0 unspecified atom stereocenters. The van der Waals surface area contributed by atoms with E-state index in [1.807, 2.05) is 0 Å². The van der Waals surface area contributed by atoms with Crippen LogP contribution in [0.4, 0.5) is 13.2 Å². The van der Waals surface area contributed by atoms with Crippen molar-refractivity contribution in [3.8, 4) is 0 Å². The van der Waals surface area contributed by atoms with Crippen LogP contribution in [0.5, 0.6) is 0 Å². The van der Waals surface area contributed by atoms with E-state index in [4.69, 9.17) is 4.55 Å². The van der Waals surface area contributed by atoms with Gasteiger partial charge in [0.1, 0.15) is 5.75 Å². The Hall–Kier alpha value is -0.830. The van der Waals surface area contributed by atoms with Crippen LogP contribution in [0.15, 0.2) is 0 Å². The Morgan fingerprint density at radius 1 is 1.09 bits per heavy atom. The monoisotopic (exact) mass is 346 g/mol. The highest BCUT2D eigenvalue weighted by Gasteiger charge is 2.46. The van der Waals surface area contributed by atoms with Gasteiger partial charge in [-0.2, -0.15) is 21.6 Å². The minimum atomic E-state index is -5.04. The lowest BCUT2D eigenvalue weighted by Crippen LogP contribution is -2.40. The molecule has 0 aromatic carbocycles. The van der Waals surface area contributed by atoms with Crippen molar-refractivity contribution in [3.05, 3.63) is 0 Å². The van der Waals surface area contributed by atoms with Crippen molar-refractivity contribution in [2.45, 2.75) is 63.6 Å². The molecule has 0 amide bonds. The smallest absolute Gasteiger partial charge is 0.426 e. The third-order valence-electron chi connectivity index (χ3n) is 3.67. The Kier molecular flexibility index (Phi) is 7.11. The fourth-order valence-corrected chi connectivity index (χ4v) is 3.13. The van der Waals surface area contributed by atoms with Crippen LogP contribution in [0.25, 0.3) is 0 Å². The van der Waals surface area contributed by atoms with E-state index < -0.39 is 40.0 Å². The van der Waals surface area contributed by atoms with Gasteiger partial charge in [-0.15, -0.1) is 0 Å². The standard InChI is InChI=1S/C13H21F3O5S/c14-13(15,16)11(9-22(18,19)20)21-12(17)10-7-5-3-1-2-4-6-8-10/h10-11H,1-9H2,(H,18,19,20)/t11-/m0/s1. The van der Waals surface area contributed by atoms with Crippen LogP contribution in [0.2, 0.25) is 0 Å². The molecule has 1 rings (SSSR count). The van der Waals surface area contributed by atoms with Crippen molar-refractivity contribution in [1.82, 2.24) is 0 Å². The maximum atomic E-state index is 12.7. The molecule has 0 aliphatic heterocycles. The fourth-order valence-electron chi connectivity index (χ4n) is 2.49. The van der Waals surface area contributed by atoms with Crippen LogP contribution < -0.4 is 0 Å². The summed E-state index contributed by atoms with van der Waals surface area (Å²) in [6, 6.07) is 0. The van der Waals surface area contributed by atoms with E-state index in [1.54, 1.807) is 0 Å². The van der Waals surface area contributed by atoms with E-state index in [1.165, 1.54) is 0 Å². The zero-order valence-electron chi connectivity index (χ0n) is 12.1. The van der Waals surface area contributed by atoms with Crippen LogP contribution >= 0.6 is 0 Å². The van der Waals surface area contributed by atoms with Gasteiger partial charge in [0.15, 0.2) is 0 Å². The van der Waals surface area contributed by atoms with Crippen LogP contribution in [0.3, 0.4) is 0 Å². The number of rotatable bonds is 4. The number of ether oxygens (including phenoxy) is 1. The summed E-state index contributed by atoms with van der Waals surface area (Å²) in [5.41, 5.74) is 0. The number of esters is 1. The van der Waals surface area contributed by atoms with Gasteiger partial charge in [0.05, 0.1) is 5.92 Å². The first kappa shape index (κ1) is 19.2. The molecule has 0 bridgehead atoms. The second-order valence-electron chi connectivity index (χ2n) is 5.61. The van der Waals surface area contributed by atoms with E-state index >= 15 is 0 Å². The van der Waals surface area contributed by atoms with Crippen molar-refractivity contribution in [2.75, 3.05) is 5.75 Å². The molecule has 0 saturated heterocycles. The number of carbonyl (C=O) groups is 1. The Balaban J connectivity index is 2.71. The molecule has 1 aliphatic carbocycles. The predicted molar refractivity (Wildman–Crippen MR) is 72.8 cm³/mol. The summed E-state index contributed by atoms with van der Waals surface area (Å²) < 4.78 is 72.5. The summed E-state index contributed by atoms with van der Waals surface area (Å²) >= 11 is 0. The average Bonchev–Trinajstić information content (AvgIpc) is 2.48. The molecule has 0 radical (unpaired) electrons. The number of hydrogen-bond donors (Lipinski definition) is 1. The SMILES string of the molecule is O=C(O[C@@H](CS(=O)(=O)O)C(F)(F)F)C1CCCCCCCC1. The minimum Gasteiger partial charge on any atom is -0.451 e. The summed E-state index contributed by atoms with van der Waals surface area (Å²) in [5.74, 6) is -3.35. The predicted octanol–water partition coefficient (Wildman–Crippen LogP) is 3.10. The van der Waals surface area contributed by atoms with Crippen LogP contribution in [0.1, 0.15) is 51.4 Å². The third-order valence-corrected chi connectivity index (χ3v) is 4.40. The maximum Gasteiger partial charge on any atom is 0.426 e. The highest BCUT2D eigenvalue weighted by Crippen LogP contribution is 2.28. The number of halogens is 3. The maximum absolute atomic E-state index is 12.7. The number of alkyl halides is 3. The van der Waals surface area contributed by atoms with Gasteiger partial charge in [0.2, 0.25) is 6.10 Å². The average molecular weight is 346 g/mol. The van der Waals surface area contributed by atoms with Gasteiger partial charge >= 0.3 is 12.1 Å². The van der Waals surface area contributed by atoms with Gasteiger partial charge in [-0.25, -0.2) is 0 Å². The van der Waals surface area contributed by atoms with Crippen molar-refractivity contribution in [2.24, 2.45) is 5.92 Å². The van der Waals surface area contributed by atoms with Crippen LogP contribution in [0, 0.1) is 5.92 Å². The molecule has 22 heavy (non-hydrogen) atoms. The van der Waals surface area contributed by atoms with Crippen molar-refractivity contribution in [3.63, 3.8) is 0 Å². The minimum absolute atomic E-state index is 0.440. The quantitative estimate of drug-likeness (QED) is 0.625. The van der Waals surface area contributed by atoms with Crippen LogP contribution in [-0.2, 0) is 19.6 Å². The summed E-state index contributed by atoms with van der Waals surface area (Å²) in [7, 11) is -4.90. The van der Waals surface area contributed by atoms with Gasteiger partial charge in [0.25, 0.3) is 10.1 Å². The molecule has 1 atom stereocenters. The lowest BCUT2D eigenvalue weighted by Gasteiger charge is -2.22. The number of hydrogen-bond acceptors (Lipinski definition) is 4. The summed E-state index contributed by atoms with van der Waals surface area (Å²) in [5, 5.41) is 0. The molecule has 130 valence electrons. The van der Waals surface area contributed by atoms with E-state index in [9.17, 15) is 26.4 Å². The van der Waals surface area contributed by atoms with Crippen molar-refractivity contribution >= 4 is 16.1 Å². The molecule has 5 nitrogen and oxygen atoms in total. The lowest BCUT2D eigenvalue weighted by atomic mass is 9.97. The van der Waals surface area contributed by atoms with Crippen molar-refractivity contribution < 1.29 is 35.7 Å². The first-order valence-electron chi connectivity index (χ1n) is 7.32. The van der Waals surface area contributed by atoms with Gasteiger partial charge in [-0.05, 0) is 12.8 Å². The first-order chi connectivity index (χ1) is 10.1. The molecule has 1 fully saturated rings. The zero-order valence-corrected chi connectivity index (χ0v) is 13.0. The normalized spacial score (nSPS) is 20.5. The second kappa shape index (κ2) is 8.14. The molecule has 1 saturated carbocycles. The van der Waals surface area contributed by atoms with Crippen LogP contribution in [-0.4, -0.2) is 37.0 Å². The second-order valence-corrected chi connectivity index (χ2v) is 7.11. The van der Waals surface area contributed by atoms with E-state index in [2.05, 4.69) is 4.74 Å². The number of carbonyl (C=O) groups excluding carboxylic acids is 1. The molecule has 0 aromatic heterocycles. The Morgan fingerprint density at radius 2 is 1.55 bits per heavy atom. The van der Waals surface area contributed by atoms with E-state index in [0.29, 0.717) is 12.8 Å². The first-order valence-corrected chi connectivity index (χ1v) is 8.93. The highest BCUT2D eigenvalue weighted by molar-refractivity contribution is 7.85. The molecular formula is C13H21F3O5S. The zero-order chi connectivity index (χ0) is 16.8. The molecular weight excluding hydrogens is 325 g/mol. The lowest BCUT2D eigenvalue weighted by molar-refractivity contribution is -0.217. The molecule has 1 N–H and O–H groups in total. The molecule has 9 heteroatoms. The van der Waals surface area contributed by atoms with Crippen molar-refractivity contribution in [1.29, 1.82) is 0 Å². The Morgan fingerprint density at radius 3 is 1.95 bits per heavy atom. The summed E-state index contributed by atoms with van der Waals surface area (Å²) in [6.45, 7) is 0. The van der Waals surface area contributed by atoms with E-state index in [0.717, 1.165) is 38.5 Å². The van der Waals surface area contributed by atoms with Gasteiger partial charge in [0, 0.05) is 0 Å². The Bertz CT molecular complexity index is 451. The Labute approximate surface area is 128 Å². The fraction of sp³-hybridized carbons (Fsp3) is 0.923. The molecule has 0 aromatic rings. The third kappa shape index (κ3) is 7.44. The topological polar surface area (TPSA) is 80.7 Å². The van der Waals surface area contributed by atoms with Gasteiger partial charge in [-0.3, -0.25) is 9.35 Å². The summed E-state index contributed by atoms with van der Waals surface area (Å²) in [4.78, 5) is 11.9.